The number of rotatable bonds is 3. The summed E-state index contributed by atoms with van der Waals surface area (Å²) in [6.45, 7) is 2.93. The Morgan fingerprint density at radius 2 is 2.30 bits per heavy atom. The molecule has 1 aromatic rings. The van der Waals surface area contributed by atoms with Crippen molar-refractivity contribution >= 4 is 29.8 Å². The fraction of sp³-hybridized carbons (Fsp3) is 0.500. The smallest absolute Gasteiger partial charge is 0.407 e. The maximum absolute atomic E-state index is 11.2. The van der Waals surface area contributed by atoms with Crippen molar-refractivity contribution in [3.05, 3.63) is 16.5 Å². The minimum atomic E-state index is -0.468. The Morgan fingerprint density at radius 1 is 1.55 bits per heavy atom. The van der Waals surface area contributed by atoms with E-state index in [-0.39, 0.29) is 16.8 Å². The molecule has 0 aromatic carbocycles. The molecule has 0 radical (unpaired) electrons. The predicted molar refractivity (Wildman–Crippen MR) is 73.3 cm³/mol. The van der Waals surface area contributed by atoms with Crippen LogP contribution < -0.4 is 10.2 Å². The zero-order valence-electron chi connectivity index (χ0n) is 11.2. The molecule has 0 bridgehead atoms. The Balaban J connectivity index is 2.17. The molecule has 108 valence electrons. The van der Waals surface area contributed by atoms with E-state index in [1.807, 2.05) is 4.90 Å². The minimum absolute atomic E-state index is 0.0454. The second-order valence-corrected chi connectivity index (χ2v) is 4.84. The lowest BCUT2D eigenvalue weighted by atomic mass is 10.3. The lowest BCUT2D eigenvalue weighted by Crippen LogP contribution is -2.37. The highest BCUT2D eigenvalue weighted by molar-refractivity contribution is 6.32. The Hall–Kier alpha value is -1.89. The van der Waals surface area contributed by atoms with Crippen LogP contribution in [0.4, 0.5) is 10.6 Å². The molecule has 0 spiro atoms. The van der Waals surface area contributed by atoms with E-state index >= 15 is 0 Å². The van der Waals surface area contributed by atoms with Crippen molar-refractivity contribution in [1.82, 2.24) is 15.3 Å². The summed E-state index contributed by atoms with van der Waals surface area (Å²) >= 11 is 5.96. The number of aldehydes is 1. The SMILES string of the molecule is COC(=O)NC1CCN(c2nc(C)nc(Cl)c2C=O)C1. The van der Waals surface area contributed by atoms with Crippen molar-refractivity contribution in [1.29, 1.82) is 0 Å². The molecule has 2 heterocycles. The summed E-state index contributed by atoms with van der Waals surface area (Å²) < 4.78 is 4.56. The van der Waals surface area contributed by atoms with Crippen molar-refractivity contribution in [2.24, 2.45) is 0 Å². The van der Waals surface area contributed by atoms with Crippen LogP contribution in [0.1, 0.15) is 22.6 Å². The molecule has 0 aliphatic carbocycles. The number of anilines is 1. The molecule has 1 saturated heterocycles. The van der Waals surface area contributed by atoms with Gasteiger partial charge in [-0.2, -0.15) is 0 Å². The minimum Gasteiger partial charge on any atom is -0.453 e. The molecule has 1 atom stereocenters. The van der Waals surface area contributed by atoms with Crippen molar-refractivity contribution in [2.75, 3.05) is 25.1 Å². The summed E-state index contributed by atoms with van der Waals surface area (Å²) in [6, 6.07) is -0.0454. The van der Waals surface area contributed by atoms with Crippen LogP contribution in [0.15, 0.2) is 0 Å². The average Bonchev–Trinajstić information content (AvgIpc) is 2.86. The van der Waals surface area contributed by atoms with Gasteiger partial charge in [-0.05, 0) is 13.3 Å². The number of ether oxygens (including phenoxy) is 1. The summed E-state index contributed by atoms with van der Waals surface area (Å²) in [7, 11) is 1.32. The van der Waals surface area contributed by atoms with Gasteiger partial charge >= 0.3 is 6.09 Å². The third-order valence-corrected chi connectivity index (χ3v) is 3.39. The highest BCUT2D eigenvalue weighted by Gasteiger charge is 2.27. The van der Waals surface area contributed by atoms with Gasteiger partial charge in [0.15, 0.2) is 6.29 Å². The molecule has 7 nitrogen and oxygen atoms in total. The number of hydrogen-bond acceptors (Lipinski definition) is 6. The van der Waals surface area contributed by atoms with Gasteiger partial charge in [0.1, 0.15) is 16.8 Å². The highest BCUT2D eigenvalue weighted by atomic mass is 35.5. The molecule has 1 aromatic heterocycles. The van der Waals surface area contributed by atoms with Crippen molar-refractivity contribution in [2.45, 2.75) is 19.4 Å². The van der Waals surface area contributed by atoms with E-state index in [1.54, 1.807) is 6.92 Å². The first-order valence-electron chi connectivity index (χ1n) is 6.14. The van der Waals surface area contributed by atoms with Crippen LogP contribution in [-0.2, 0) is 4.74 Å². The van der Waals surface area contributed by atoms with Crippen LogP contribution in [0.25, 0.3) is 0 Å². The molecule has 20 heavy (non-hydrogen) atoms. The number of methoxy groups -OCH3 is 1. The molecule has 1 N–H and O–H groups in total. The number of carbonyl (C=O) groups is 2. The normalized spacial score (nSPS) is 17.9. The Bertz CT molecular complexity index is 538. The van der Waals surface area contributed by atoms with Crippen molar-refractivity contribution < 1.29 is 14.3 Å². The lowest BCUT2D eigenvalue weighted by molar-refractivity contribution is 0.112. The van der Waals surface area contributed by atoms with E-state index < -0.39 is 6.09 Å². The fourth-order valence-corrected chi connectivity index (χ4v) is 2.42. The van der Waals surface area contributed by atoms with Gasteiger partial charge in [0.05, 0.1) is 18.7 Å². The van der Waals surface area contributed by atoms with E-state index in [4.69, 9.17) is 11.6 Å². The van der Waals surface area contributed by atoms with Gasteiger partial charge in [0, 0.05) is 13.1 Å². The first kappa shape index (κ1) is 14.5. The number of nitrogens with one attached hydrogen (secondary N) is 1. The maximum Gasteiger partial charge on any atom is 0.407 e. The van der Waals surface area contributed by atoms with E-state index in [1.165, 1.54) is 7.11 Å². The van der Waals surface area contributed by atoms with Gasteiger partial charge < -0.3 is 15.0 Å². The fourth-order valence-electron chi connectivity index (χ4n) is 2.17. The zero-order chi connectivity index (χ0) is 14.7. The number of nitrogens with zero attached hydrogens (tertiary/aromatic N) is 3. The Morgan fingerprint density at radius 3 is 2.95 bits per heavy atom. The summed E-state index contributed by atoms with van der Waals surface area (Å²) in [5, 5.41) is 2.87. The monoisotopic (exact) mass is 298 g/mol. The molecule has 0 saturated carbocycles. The van der Waals surface area contributed by atoms with Crippen molar-refractivity contribution in [3.63, 3.8) is 0 Å². The second-order valence-electron chi connectivity index (χ2n) is 4.48. The van der Waals surface area contributed by atoms with Crippen LogP contribution in [0.5, 0.6) is 0 Å². The van der Waals surface area contributed by atoms with Gasteiger partial charge in [-0.25, -0.2) is 14.8 Å². The molecule has 8 heteroatoms. The quantitative estimate of drug-likeness (QED) is 0.666. The largest absolute Gasteiger partial charge is 0.453 e. The molecule has 1 aliphatic rings. The Labute approximate surface area is 121 Å². The summed E-state index contributed by atoms with van der Waals surface area (Å²) in [6.07, 6.45) is 0.927. The molecule has 1 aliphatic heterocycles. The van der Waals surface area contributed by atoms with E-state index in [2.05, 4.69) is 20.0 Å². The molecular formula is C12H15ClN4O3. The number of aromatic nitrogens is 2. The number of alkyl carbamates (subject to hydrolysis) is 1. The molecule has 1 unspecified atom stereocenters. The highest BCUT2D eigenvalue weighted by Crippen LogP contribution is 2.25. The Kier molecular flexibility index (Phi) is 4.39. The summed E-state index contributed by atoms with van der Waals surface area (Å²) in [5.74, 6) is 1.01. The van der Waals surface area contributed by atoms with E-state index in [9.17, 15) is 9.59 Å². The van der Waals surface area contributed by atoms with Crippen LogP contribution in [-0.4, -0.2) is 48.6 Å². The van der Waals surface area contributed by atoms with E-state index in [0.717, 1.165) is 6.42 Å². The number of aryl methyl sites for hydroxylation is 1. The van der Waals surface area contributed by atoms with Gasteiger partial charge in [0.25, 0.3) is 0 Å². The molecule has 1 fully saturated rings. The molecular weight excluding hydrogens is 284 g/mol. The summed E-state index contributed by atoms with van der Waals surface area (Å²) in [4.78, 5) is 32.5. The lowest BCUT2D eigenvalue weighted by Gasteiger charge is -2.20. The standard InChI is InChI=1S/C12H15ClN4O3/c1-7-14-10(13)9(6-18)11(15-7)17-4-3-8(5-17)16-12(19)20-2/h6,8H,3-5H2,1-2H3,(H,16,19). The first-order chi connectivity index (χ1) is 9.55. The van der Waals surface area contributed by atoms with Crippen LogP contribution in [0.3, 0.4) is 0 Å². The number of halogens is 1. The first-order valence-corrected chi connectivity index (χ1v) is 6.51. The number of carbonyl (C=O) groups excluding carboxylic acids is 2. The third kappa shape index (κ3) is 2.98. The van der Waals surface area contributed by atoms with Gasteiger partial charge in [-0.15, -0.1) is 0 Å². The van der Waals surface area contributed by atoms with Crippen LogP contribution >= 0.6 is 11.6 Å². The van der Waals surface area contributed by atoms with Crippen molar-refractivity contribution in [3.8, 4) is 0 Å². The maximum atomic E-state index is 11.2. The average molecular weight is 299 g/mol. The van der Waals surface area contributed by atoms with Crippen LogP contribution in [0, 0.1) is 6.92 Å². The summed E-state index contributed by atoms with van der Waals surface area (Å²) in [5.41, 5.74) is 0.274. The third-order valence-electron chi connectivity index (χ3n) is 3.10. The van der Waals surface area contributed by atoms with Crippen LogP contribution in [0.2, 0.25) is 5.15 Å². The van der Waals surface area contributed by atoms with Gasteiger partial charge in [-0.1, -0.05) is 11.6 Å². The molecule has 1 amide bonds. The van der Waals surface area contributed by atoms with E-state index in [0.29, 0.717) is 31.0 Å². The van der Waals surface area contributed by atoms with Gasteiger partial charge in [0.2, 0.25) is 0 Å². The number of amides is 1. The predicted octanol–water partition coefficient (Wildman–Crippen LogP) is 1.19. The molecule has 2 rings (SSSR count). The zero-order valence-corrected chi connectivity index (χ0v) is 12.0. The number of hydrogen-bond donors (Lipinski definition) is 1. The second kappa shape index (κ2) is 6.04. The van der Waals surface area contributed by atoms with Gasteiger partial charge in [-0.3, -0.25) is 4.79 Å². The topological polar surface area (TPSA) is 84.4 Å².